The summed E-state index contributed by atoms with van der Waals surface area (Å²) in [5.74, 6) is 0. The highest BCUT2D eigenvalue weighted by molar-refractivity contribution is 6.15. The number of anilines is 3. The van der Waals surface area contributed by atoms with Crippen molar-refractivity contribution in [1.82, 2.24) is 0 Å². The van der Waals surface area contributed by atoms with Crippen molar-refractivity contribution >= 4 is 49.8 Å². The van der Waals surface area contributed by atoms with Crippen molar-refractivity contribution in [3.63, 3.8) is 0 Å². The lowest BCUT2D eigenvalue weighted by Crippen LogP contribution is -2.16. The van der Waals surface area contributed by atoms with Gasteiger partial charge in [-0.3, -0.25) is 0 Å². The van der Waals surface area contributed by atoms with Crippen molar-refractivity contribution in [3.8, 4) is 33.4 Å². The van der Waals surface area contributed by atoms with E-state index in [0.29, 0.717) is 0 Å². The highest BCUT2D eigenvalue weighted by Gasteiger charge is 2.27. The first-order chi connectivity index (χ1) is 28.7. The molecule has 0 saturated heterocycles. The van der Waals surface area contributed by atoms with Gasteiger partial charge in [-0.2, -0.15) is 0 Å². The van der Waals surface area contributed by atoms with Gasteiger partial charge in [0.25, 0.3) is 0 Å². The van der Waals surface area contributed by atoms with Gasteiger partial charge in [0.2, 0.25) is 0 Å². The zero-order valence-corrected chi connectivity index (χ0v) is 36.5. The van der Waals surface area contributed by atoms with Gasteiger partial charge in [-0.25, -0.2) is 0 Å². The molecule has 0 fully saturated rings. The van der Waals surface area contributed by atoms with Crippen LogP contribution in [0.5, 0.6) is 0 Å². The molecule has 9 aromatic rings. The molecule has 0 radical (unpaired) electrons. The molecular weight excluding hydrogens is 727 g/mol. The van der Waals surface area contributed by atoms with Gasteiger partial charge in [0.15, 0.2) is 0 Å². The number of hydrogen-bond acceptors (Lipinski definition) is 2. The van der Waals surface area contributed by atoms with Crippen LogP contribution in [0.1, 0.15) is 79.0 Å². The minimum atomic E-state index is -0.0396. The second-order valence-corrected chi connectivity index (χ2v) is 19.5. The lowest BCUT2D eigenvalue weighted by Gasteiger charge is -2.32. The molecule has 0 saturated carbocycles. The summed E-state index contributed by atoms with van der Waals surface area (Å²) in [5.41, 5.74) is 16.1. The third kappa shape index (κ3) is 7.09. The number of para-hydroxylation sites is 2. The summed E-state index contributed by atoms with van der Waals surface area (Å²) >= 11 is 0. The molecule has 0 unspecified atom stereocenters. The number of nitrogens with zero attached hydrogens (tertiary/aromatic N) is 1. The summed E-state index contributed by atoms with van der Waals surface area (Å²) in [6.07, 6.45) is 0. The van der Waals surface area contributed by atoms with Gasteiger partial charge in [0.05, 0.1) is 22.4 Å². The Morgan fingerprint density at radius 1 is 0.350 bits per heavy atom. The number of hydrogen-bond donors (Lipinski definition) is 0. The van der Waals surface area contributed by atoms with Crippen LogP contribution in [0.3, 0.4) is 0 Å². The van der Waals surface area contributed by atoms with Gasteiger partial charge in [-0.1, -0.05) is 196 Å². The van der Waals surface area contributed by atoms with Crippen molar-refractivity contribution in [1.29, 1.82) is 0 Å². The maximum atomic E-state index is 6.57. The van der Waals surface area contributed by atoms with Crippen LogP contribution < -0.4 is 4.90 Å². The Morgan fingerprint density at radius 3 is 1.60 bits per heavy atom. The molecule has 0 bridgehead atoms. The standard InChI is InChI=1S/C58H55NO/c1-56(2,3)41-32-33-50(48(37-41)38-20-11-10-12-21-38)59(51-29-19-31-53-55(51)47-25-14-16-30-52(47)60-53)49-28-15-13-24-45(49)46-27-18-23-39-22-17-26-44(54(39)46)40-34-42(57(4,5)6)36-43(35-40)58(7,8)9/h10-37H,1-9H3. The molecule has 0 spiro atoms. The van der Waals surface area contributed by atoms with Gasteiger partial charge in [0.1, 0.15) is 11.2 Å². The predicted molar refractivity (Wildman–Crippen MR) is 258 cm³/mol. The molecule has 60 heavy (non-hydrogen) atoms. The topological polar surface area (TPSA) is 16.4 Å². The van der Waals surface area contributed by atoms with Crippen LogP contribution in [0.4, 0.5) is 17.1 Å². The lowest BCUT2D eigenvalue weighted by molar-refractivity contribution is 0.569. The summed E-state index contributed by atoms with van der Waals surface area (Å²) in [4.78, 5) is 2.49. The van der Waals surface area contributed by atoms with Crippen molar-refractivity contribution in [2.45, 2.75) is 78.6 Å². The van der Waals surface area contributed by atoms with Crippen LogP contribution in [-0.2, 0) is 16.2 Å². The average molecular weight is 782 g/mol. The van der Waals surface area contributed by atoms with E-state index in [4.69, 9.17) is 4.42 Å². The van der Waals surface area contributed by atoms with E-state index < -0.39 is 0 Å². The smallest absolute Gasteiger partial charge is 0.137 e. The normalized spacial score (nSPS) is 12.4. The third-order valence-corrected chi connectivity index (χ3v) is 12.1. The van der Waals surface area contributed by atoms with E-state index in [-0.39, 0.29) is 16.2 Å². The number of furan rings is 1. The Balaban J connectivity index is 1.38. The highest BCUT2D eigenvalue weighted by Crippen LogP contribution is 2.50. The summed E-state index contributed by atoms with van der Waals surface area (Å²) in [5, 5.41) is 4.65. The first-order valence-electron chi connectivity index (χ1n) is 21.3. The monoisotopic (exact) mass is 781 g/mol. The molecule has 298 valence electrons. The highest BCUT2D eigenvalue weighted by atomic mass is 16.3. The second-order valence-electron chi connectivity index (χ2n) is 19.5. The predicted octanol–water partition coefficient (Wildman–Crippen LogP) is 17.1. The van der Waals surface area contributed by atoms with E-state index in [2.05, 4.69) is 237 Å². The zero-order valence-electron chi connectivity index (χ0n) is 36.5. The molecule has 0 amide bonds. The molecule has 1 heterocycles. The fourth-order valence-electron chi connectivity index (χ4n) is 8.73. The van der Waals surface area contributed by atoms with E-state index in [1.807, 2.05) is 0 Å². The minimum absolute atomic E-state index is 0.00615. The van der Waals surface area contributed by atoms with Crippen molar-refractivity contribution < 1.29 is 4.42 Å². The minimum Gasteiger partial charge on any atom is -0.456 e. The maximum Gasteiger partial charge on any atom is 0.137 e. The lowest BCUT2D eigenvalue weighted by atomic mass is 9.78. The van der Waals surface area contributed by atoms with Gasteiger partial charge in [-0.15, -0.1) is 0 Å². The average Bonchev–Trinajstić information content (AvgIpc) is 3.62. The number of benzene rings is 8. The van der Waals surface area contributed by atoms with Crippen molar-refractivity contribution in [2.24, 2.45) is 0 Å². The summed E-state index contributed by atoms with van der Waals surface area (Å²) < 4.78 is 6.57. The molecule has 0 aliphatic heterocycles. The Morgan fingerprint density at radius 2 is 0.900 bits per heavy atom. The van der Waals surface area contributed by atoms with Crippen LogP contribution in [0.2, 0.25) is 0 Å². The molecule has 9 rings (SSSR count). The number of fused-ring (bicyclic) bond motifs is 4. The quantitative estimate of drug-likeness (QED) is 0.167. The van der Waals surface area contributed by atoms with E-state index in [1.54, 1.807) is 0 Å². The fraction of sp³-hybridized carbons (Fsp3) is 0.207. The zero-order chi connectivity index (χ0) is 42.0. The Kier molecular flexibility index (Phi) is 9.59. The largest absolute Gasteiger partial charge is 0.456 e. The van der Waals surface area contributed by atoms with E-state index in [0.717, 1.165) is 44.6 Å². The van der Waals surface area contributed by atoms with Crippen LogP contribution in [0, 0.1) is 0 Å². The van der Waals surface area contributed by atoms with Crippen LogP contribution in [0.25, 0.3) is 66.1 Å². The Hall–Kier alpha value is -6.38. The molecule has 2 nitrogen and oxygen atoms in total. The fourth-order valence-corrected chi connectivity index (χ4v) is 8.73. The molecule has 0 N–H and O–H groups in total. The summed E-state index contributed by atoms with van der Waals surface area (Å²) in [7, 11) is 0. The first kappa shape index (κ1) is 39.1. The number of rotatable bonds is 6. The van der Waals surface area contributed by atoms with Gasteiger partial charge in [0, 0.05) is 16.5 Å². The molecule has 0 aliphatic carbocycles. The molecule has 1 aromatic heterocycles. The van der Waals surface area contributed by atoms with Crippen LogP contribution in [0.15, 0.2) is 174 Å². The third-order valence-electron chi connectivity index (χ3n) is 12.1. The molecule has 0 atom stereocenters. The Bertz CT molecular complexity index is 3000. The molecule has 2 heteroatoms. The summed E-state index contributed by atoms with van der Waals surface area (Å²) in [6.45, 7) is 20.8. The molecule has 8 aromatic carbocycles. The molecular formula is C58H55NO. The summed E-state index contributed by atoms with van der Waals surface area (Å²) in [6, 6.07) is 62.6. The Labute approximate surface area is 356 Å². The van der Waals surface area contributed by atoms with Crippen molar-refractivity contribution in [2.75, 3.05) is 4.90 Å². The van der Waals surface area contributed by atoms with Crippen LogP contribution in [-0.4, -0.2) is 0 Å². The van der Waals surface area contributed by atoms with Gasteiger partial charge >= 0.3 is 0 Å². The first-order valence-corrected chi connectivity index (χ1v) is 21.3. The molecule has 0 aliphatic rings. The van der Waals surface area contributed by atoms with Crippen LogP contribution >= 0.6 is 0 Å². The van der Waals surface area contributed by atoms with E-state index in [9.17, 15) is 0 Å². The van der Waals surface area contributed by atoms with Crippen molar-refractivity contribution in [3.05, 3.63) is 187 Å². The SMILES string of the molecule is CC(C)(C)c1cc(-c2cccc3cccc(-c4ccccc4N(c4ccc(C(C)(C)C)cc4-c4ccccc4)c4cccc5oc6ccccc6c45)c23)cc(C(C)(C)C)c1. The van der Waals surface area contributed by atoms with E-state index >= 15 is 0 Å². The van der Waals surface area contributed by atoms with Gasteiger partial charge < -0.3 is 9.32 Å². The maximum absolute atomic E-state index is 6.57. The van der Waals surface area contributed by atoms with E-state index in [1.165, 1.54) is 55.3 Å². The van der Waals surface area contributed by atoms with Gasteiger partial charge in [-0.05, 0) is 102 Å². The second kappa shape index (κ2) is 14.7.